The first kappa shape index (κ1) is 16.3. The molecule has 0 N–H and O–H groups in total. The average Bonchev–Trinajstić information content (AvgIpc) is 2.88. The van der Waals surface area contributed by atoms with Crippen molar-refractivity contribution in [1.29, 1.82) is 0 Å². The molecule has 3 nitrogen and oxygen atoms in total. The van der Waals surface area contributed by atoms with Crippen LogP contribution in [0.1, 0.15) is 34.0 Å². The zero-order valence-corrected chi connectivity index (χ0v) is 14.8. The maximum absolute atomic E-state index is 12.5. The summed E-state index contributed by atoms with van der Waals surface area (Å²) >= 11 is 0. The second-order valence-corrected chi connectivity index (χ2v) is 6.55. The molecule has 0 saturated carbocycles. The van der Waals surface area contributed by atoms with Gasteiger partial charge < -0.3 is 9.80 Å². The van der Waals surface area contributed by atoms with Gasteiger partial charge in [0.05, 0.1) is 6.54 Å². The predicted octanol–water partition coefficient (Wildman–Crippen LogP) is 4.43. The van der Waals surface area contributed by atoms with Crippen molar-refractivity contribution < 1.29 is 4.79 Å². The number of ketones is 1. The fraction of sp³-hybridized carbons (Fsp3) is 0.286. The molecule has 1 unspecified atom stereocenters. The maximum atomic E-state index is 12.5. The third-order valence-electron chi connectivity index (χ3n) is 4.62. The first-order valence-electron chi connectivity index (χ1n) is 8.36. The Kier molecular flexibility index (Phi) is 4.43. The number of carbonyl (C=O) groups is 1. The molecule has 2 aromatic rings. The number of benzene rings is 2. The van der Waals surface area contributed by atoms with Crippen molar-refractivity contribution in [1.82, 2.24) is 4.90 Å². The summed E-state index contributed by atoms with van der Waals surface area (Å²) in [7, 11) is 0. The van der Waals surface area contributed by atoms with Crippen molar-refractivity contribution in [2.45, 2.75) is 33.9 Å². The van der Waals surface area contributed by atoms with Crippen LogP contribution in [0.4, 0.5) is 5.69 Å². The second-order valence-electron chi connectivity index (χ2n) is 6.55. The normalized spacial score (nSPS) is 16.8. The molecule has 1 atom stereocenters. The Hall–Kier alpha value is -2.55. The van der Waals surface area contributed by atoms with Crippen molar-refractivity contribution >= 4 is 11.5 Å². The van der Waals surface area contributed by atoms with Gasteiger partial charge in [-0.1, -0.05) is 48.0 Å². The summed E-state index contributed by atoms with van der Waals surface area (Å²) < 4.78 is 0. The Balaban J connectivity index is 1.78. The lowest BCUT2D eigenvalue weighted by molar-refractivity contribution is 0.0945. The van der Waals surface area contributed by atoms with Gasteiger partial charge in [-0.15, -0.1) is 0 Å². The fourth-order valence-corrected chi connectivity index (χ4v) is 3.47. The Morgan fingerprint density at radius 2 is 1.62 bits per heavy atom. The highest BCUT2D eigenvalue weighted by molar-refractivity contribution is 5.97. The van der Waals surface area contributed by atoms with E-state index in [1.807, 2.05) is 36.5 Å². The number of anilines is 1. The number of hydrogen-bond donors (Lipinski definition) is 0. The van der Waals surface area contributed by atoms with Crippen LogP contribution in [0.25, 0.3) is 0 Å². The quantitative estimate of drug-likeness (QED) is 0.778. The van der Waals surface area contributed by atoms with E-state index in [-0.39, 0.29) is 11.9 Å². The van der Waals surface area contributed by atoms with Gasteiger partial charge in [-0.25, -0.2) is 0 Å². The Morgan fingerprint density at radius 1 is 1.00 bits per heavy atom. The minimum Gasteiger partial charge on any atom is -0.348 e. The van der Waals surface area contributed by atoms with Gasteiger partial charge in [-0.05, 0) is 38.8 Å². The smallest absolute Gasteiger partial charge is 0.182 e. The van der Waals surface area contributed by atoms with E-state index in [9.17, 15) is 4.79 Å². The molecule has 1 heterocycles. The maximum Gasteiger partial charge on any atom is 0.182 e. The summed E-state index contributed by atoms with van der Waals surface area (Å²) in [5, 5.41) is 0. The van der Waals surface area contributed by atoms with Crippen LogP contribution in [0.3, 0.4) is 0 Å². The van der Waals surface area contributed by atoms with Gasteiger partial charge in [0.1, 0.15) is 6.17 Å². The highest BCUT2D eigenvalue weighted by Gasteiger charge is 2.26. The standard InChI is InChI=1S/C21H24N2O/c1-15-12-16(2)21(17(3)13-15)23-11-10-22(18(23)4)14-20(24)19-8-6-5-7-9-19/h5-13,18H,14H2,1-4H3. The van der Waals surface area contributed by atoms with E-state index >= 15 is 0 Å². The summed E-state index contributed by atoms with van der Waals surface area (Å²) in [6, 6.07) is 13.9. The molecule has 1 aliphatic rings. The number of Topliss-reactive ketones (excluding diaryl/α,β-unsaturated/α-hetero) is 1. The minimum atomic E-state index is 0.123. The first-order chi connectivity index (χ1) is 11.5. The number of nitrogens with zero attached hydrogens (tertiary/aromatic N) is 2. The number of hydrogen-bond acceptors (Lipinski definition) is 3. The van der Waals surface area contributed by atoms with E-state index in [0.717, 1.165) is 5.56 Å². The largest absolute Gasteiger partial charge is 0.348 e. The van der Waals surface area contributed by atoms with Crippen molar-refractivity contribution in [3.63, 3.8) is 0 Å². The molecule has 2 aromatic carbocycles. The molecule has 24 heavy (non-hydrogen) atoms. The fourth-order valence-electron chi connectivity index (χ4n) is 3.47. The molecule has 3 rings (SSSR count). The molecule has 0 saturated heterocycles. The van der Waals surface area contributed by atoms with Gasteiger partial charge in [-0.3, -0.25) is 4.79 Å². The Bertz CT molecular complexity index is 757. The van der Waals surface area contributed by atoms with Crippen LogP contribution in [-0.2, 0) is 0 Å². The number of carbonyl (C=O) groups excluding carboxylic acids is 1. The molecule has 1 aliphatic heterocycles. The monoisotopic (exact) mass is 320 g/mol. The van der Waals surface area contributed by atoms with Gasteiger partial charge >= 0.3 is 0 Å². The van der Waals surface area contributed by atoms with Crippen LogP contribution in [0.2, 0.25) is 0 Å². The molecule has 3 heteroatoms. The lowest BCUT2D eigenvalue weighted by Crippen LogP contribution is -2.39. The van der Waals surface area contributed by atoms with Crippen LogP contribution < -0.4 is 4.90 Å². The summed E-state index contributed by atoms with van der Waals surface area (Å²) in [6.07, 6.45) is 4.22. The summed E-state index contributed by atoms with van der Waals surface area (Å²) in [6.45, 7) is 8.94. The Morgan fingerprint density at radius 3 is 2.25 bits per heavy atom. The van der Waals surface area contributed by atoms with Crippen LogP contribution in [0, 0.1) is 20.8 Å². The minimum absolute atomic E-state index is 0.123. The first-order valence-corrected chi connectivity index (χ1v) is 8.36. The van der Waals surface area contributed by atoms with Crippen LogP contribution >= 0.6 is 0 Å². The average molecular weight is 320 g/mol. The van der Waals surface area contributed by atoms with E-state index in [2.05, 4.69) is 55.8 Å². The van der Waals surface area contributed by atoms with Gasteiger partial charge in [0, 0.05) is 23.7 Å². The lowest BCUT2D eigenvalue weighted by atomic mass is 10.0. The highest BCUT2D eigenvalue weighted by atomic mass is 16.1. The molecule has 0 spiro atoms. The third kappa shape index (κ3) is 3.07. The summed E-state index contributed by atoms with van der Waals surface area (Å²) in [5.41, 5.74) is 5.81. The van der Waals surface area contributed by atoms with Crippen molar-refractivity contribution in [2.75, 3.05) is 11.4 Å². The van der Waals surface area contributed by atoms with E-state index < -0.39 is 0 Å². The molecular weight excluding hydrogens is 296 g/mol. The molecule has 0 bridgehead atoms. The lowest BCUT2D eigenvalue weighted by Gasteiger charge is -2.31. The van der Waals surface area contributed by atoms with Crippen molar-refractivity contribution in [2.24, 2.45) is 0 Å². The molecule has 0 amide bonds. The molecule has 0 fully saturated rings. The van der Waals surface area contributed by atoms with Crippen LogP contribution in [-0.4, -0.2) is 23.4 Å². The topological polar surface area (TPSA) is 23.6 Å². The van der Waals surface area contributed by atoms with Crippen molar-refractivity contribution in [3.05, 3.63) is 77.1 Å². The zero-order chi connectivity index (χ0) is 17.3. The molecular formula is C21H24N2O. The SMILES string of the molecule is Cc1cc(C)c(N2C=CN(CC(=O)c3ccccc3)C2C)c(C)c1. The molecule has 0 aliphatic carbocycles. The second kappa shape index (κ2) is 6.52. The van der Waals surface area contributed by atoms with E-state index in [1.54, 1.807) is 0 Å². The van der Waals surface area contributed by atoms with E-state index in [0.29, 0.717) is 6.54 Å². The zero-order valence-electron chi connectivity index (χ0n) is 14.8. The Labute approximate surface area is 144 Å². The predicted molar refractivity (Wildman–Crippen MR) is 99.2 cm³/mol. The number of aryl methyl sites for hydroxylation is 3. The van der Waals surface area contributed by atoms with Gasteiger partial charge in [-0.2, -0.15) is 0 Å². The van der Waals surface area contributed by atoms with Gasteiger partial charge in [0.25, 0.3) is 0 Å². The van der Waals surface area contributed by atoms with Crippen LogP contribution in [0.15, 0.2) is 54.9 Å². The molecule has 0 radical (unpaired) electrons. The van der Waals surface area contributed by atoms with Gasteiger partial charge in [0.15, 0.2) is 5.78 Å². The van der Waals surface area contributed by atoms with Crippen LogP contribution in [0.5, 0.6) is 0 Å². The van der Waals surface area contributed by atoms with E-state index in [1.165, 1.54) is 22.4 Å². The molecule has 0 aromatic heterocycles. The number of rotatable bonds is 4. The summed E-state index contributed by atoms with van der Waals surface area (Å²) in [4.78, 5) is 16.8. The summed E-state index contributed by atoms with van der Waals surface area (Å²) in [5.74, 6) is 0.145. The van der Waals surface area contributed by atoms with E-state index in [4.69, 9.17) is 0 Å². The molecule has 124 valence electrons. The van der Waals surface area contributed by atoms with Crippen molar-refractivity contribution in [3.8, 4) is 0 Å². The third-order valence-corrected chi connectivity index (χ3v) is 4.62. The highest BCUT2D eigenvalue weighted by Crippen LogP contribution is 2.31. The van der Waals surface area contributed by atoms with Gasteiger partial charge in [0.2, 0.25) is 0 Å².